The number of anilines is 1. The summed E-state index contributed by atoms with van der Waals surface area (Å²) in [4.78, 5) is 0. The summed E-state index contributed by atoms with van der Waals surface area (Å²) in [6.07, 6.45) is 3.60. The highest BCUT2D eigenvalue weighted by Crippen LogP contribution is 2.26. The van der Waals surface area contributed by atoms with Crippen LogP contribution in [0, 0.1) is 0 Å². The summed E-state index contributed by atoms with van der Waals surface area (Å²) in [6.45, 7) is 0.735. The molecule has 5 heteroatoms. The third-order valence-corrected chi connectivity index (χ3v) is 5.18. The number of sulfonamides is 1. The van der Waals surface area contributed by atoms with Gasteiger partial charge in [0, 0.05) is 12.2 Å². The highest BCUT2D eigenvalue weighted by atomic mass is 32.2. The van der Waals surface area contributed by atoms with Gasteiger partial charge in [0.2, 0.25) is 10.0 Å². The van der Waals surface area contributed by atoms with Crippen LogP contribution in [0.15, 0.2) is 24.3 Å². The van der Waals surface area contributed by atoms with Crippen molar-refractivity contribution in [1.29, 1.82) is 0 Å². The highest BCUT2D eigenvalue weighted by molar-refractivity contribution is 7.93. The Morgan fingerprint density at radius 2 is 2.00 bits per heavy atom. The fraction of sp³-hybridized carbons (Fsp3) is 0.538. The van der Waals surface area contributed by atoms with Gasteiger partial charge < -0.3 is 5.32 Å². The van der Waals surface area contributed by atoms with Gasteiger partial charge >= 0.3 is 0 Å². The van der Waals surface area contributed by atoms with Crippen LogP contribution in [0.5, 0.6) is 0 Å². The third kappa shape index (κ3) is 3.23. The first-order valence-corrected chi connectivity index (χ1v) is 7.91. The van der Waals surface area contributed by atoms with Crippen LogP contribution in [-0.4, -0.2) is 20.7 Å². The molecule has 0 unspecified atom stereocenters. The van der Waals surface area contributed by atoms with E-state index in [-0.39, 0.29) is 5.25 Å². The zero-order valence-electron chi connectivity index (χ0n) is 10.6. The van der Waals surface area contributed by atoms with E-state index in [1.165, 1.54) is 0 Å². The summed E-state index contributed by atoms with van der Waals surface area (Å²) in [5.74, 6) is 0. The quantitative estimate of drug-likeness (QED) is 0.859. The molecular weight excluding hydrogens is 248 g/mol. The first-order chi connectivity index (χ1) is 8.62. The molecule has 0 bridgehead atoms. The van der Waals surface area contributed by atoms with E-state index in [0.717, 1.165) is 37.8 Å². The van der Waals surface area contributed by atoms with Crippen molar-refractivity contribution < 1.29 is 8.42 Å². The molecule has 2 N–H and O–H groups in total. The van der Waals surface area contributed by atoms with Gasteiger partial charge in [-0.2, -0.15) is 0 Å². The zero-order chi connectivity index (χ0) is 13.0. The predicted molar refractivity (Wildman–Crippen MR) is 74.0 cm³/mol. The van der Waals surface area contributed by atoms with Crippen molar-refractivity contribution in [2.24, 2.45) is 0 Å². The summed E-state index contributed by atoms with van der Waals surface area (Å²) in [5, 5.41) is 2.83. The second-order valence-electron chi connectivity index (χ2n) is 4.78. The van der Waals surface area contributed by atoms with Crippen LogP contribution < -0.4 is 10.0 Å². The third-order valence-electron chi connectivity index (χ3n) is 3.31. The number of hydrogen-bond donors (Lipinski definition) is 2. The zero-order valence-corrected chi connectivity index (χ0v) is 11.5. The molecule has 1 fully saturated rings. The Hall–Kier alpha value is -1.07. The van der Waals surface area contributed by atoms with Crippen LogP contribution in [-0.2, 0) is 16.6 Å². The summed E-state index contributed by atoms with van der Waals surface area (Å²) < 4.78 is 27.0. The normalized spacial score (nSPS) is 16.9. The lowest BCUT2D eigenvalue weighted by molar-refractivity contribution is 0.585. The molecule has 0 atom stereocenters. The molecule has 0 amide bonds. The number of benzene rings is 1. The van der Waals surface area contributed by atoms with Gasteiger partial charge in [0.15, 0.2) is 0 Å². The molecule has 0 aliphatic heterocycles. The average molecular weight is 268 g/mol. The molecule has 1 aromatic rings. The Bertz CT molecular complexity index is 493. The predicted octanol–water partition coefficient (Wildman–Crippen LogP) is 2.09. The van der Waals surface area contributed by atoms with Gasteiger partial charge in [-0.1, -0.05) is 25.0 Å². The molecule has 0 aromatic heterocycles. The van der Waals surface area contributed by atoms with Crippen molar-refractivity contribution in [3.63, 3.8) is 0 Å². The Morgan fingerprint density at radius 3 is 2.67 bits per heavy atom. The van der Waals surface area contributed by atoms with Crippen LogP contribution in [0.25, 0.3) is 0 Å². The molecule has 18 heavy (non-hydrogen) atoms. The number of rotatable bonds is 5. The smallest absolute Gasteiger partial charge is 0.235 e. The summed E-state index contributed by atoms with van der Waals surface area (Å²) in [7, 11) is -1.34. The van der Waals surface area contributed by atoms with Gasteiger partial charge in [0.05, 0.1) is 5.25 Å². The minimum atomic E-state index is -3.22. The standard InChI is InChI=1S/C13H20N2O2S/c1-14-10-11-5-4-6-12(9-11)15-18(16,17)13-7-2-3-8-13/h4-6,9,13-15H,2-3,7-8,10H2,1H3. The Labute approximate surface area is 109 Å². The van der Waals surface area contributed by atoms with Gasteiger partial charge in [0.25, 0.3) is 0 Å². The molecule has 0 radical (unpaired) electrons. The lowest BCUT2D eigenvalue weighted by atomic mass is 10.2. The second kappa shape index (κ2) is 5.71. The maximum Gasteiger partial charge on any atom is 0.235 e. The van der Waals surface area contributed by atoms with Crippen molar-refractivity contribution >= 4 is 15.7 Å². The second-order valence-corrected chi connectivity index (χ2v) is 6.75. The van der Waals surface area contributed by atoms with Gasteiger partial charge in [-0.3, -0.25) is 4.72 Å². The fourth-order valence-electron chi connectivity index (χ4n) is 2.40. The molecule has 1 aliphatic carbocycles. The maximum absolute atomic E-state index is 12.1. The summed E-state index contributed by atoms with van der Waals surface area (Å²) in [6, 6.07) is 7.53. The topological polar surface area (TPSA) is 58.2 Å². The van der Waals surface area contributed by atoms with Crippen LogP contribution >= 0.6 is 0 Å². The van der Waals surface area contributed by atoms with Gasteiger partial charge in [-0.15, -0.1) is 0 Å². The molecule has 1 aliphatic rings. The van der Waals surface area contributed by atoms with Crippen LogP contribution in [0.3, 0.4) is 0 Å². The highest BCUT2D eigenvalue weighted by Gasteiger charge is 2.28. The first kappa shape index (κ1) is 13.4. The van der Waals surface area contributed by atoms with E-state index in [4.69, 9.17) is 0 Å². The van der Waals surface area contributed by atoms with E-state index in [2.05, 4.69) is 10.0 Å². The average Bonchev–Trinajstić information content (AvgIpc) is 2.83. The molecule has 1 aromatic carbocycles. The molecule has 0 saturated heterocycles. The van der Waals surface area contributed by atoms with E-state index in [1.807, 2.05) is 25.2 Å². The van der Waals surface area contributed by atoms with E-state index in [0.29, 0.717) is 5.69 Å². The van der Waals surface area contributed by atoms with Crippen molar-refractivity contribution in [1.82, 2.24) is 5.32 Å². The Kier molecular flexibility index (Phi) is 4.24. The molecule has 4 nitrogen and oxygen atoms in total. The summed E-state index contributed by atoms with van der Waals surface area (Å²) in [5.41, 5.74) is 1.73. The maximum atomic E-state index is 12.1. The van der Waals surface area contributed by atoms with Crippen molar-refractivity contribution in [2.75, 3.05) is 11.8 Å². The van der Waals surface area contributed by atoms with E-state index >= 15 is 0 Å². The first-order valence-electron chi connectivity index (χ1n) is 6.37. The SMILES string of the molecule is CNCc1cccc(NS(=O)(=O)C2CCCC2)c1. The monoisotopic (exact) mass is 268 g/mol. The van der Waals surface area contributed by atoms with Crippen molar-refractivity contribution in [3.05, 3.63) is 29.8 Å². The molecule has 0 heterocycles. The van der Waals surface area contributed by atoms with Crippen LogP contribution in [0.1, 0.15) is 31.2 Å². The summed E-state index contributed by atoms with van der Waals surface area (Å²) >= 11 is 0. The Morgan fingerprint density at radius 1 is 1.28 bits per heavy atom. The van der Waals surface area contributed by atoms with E-state index in [1.54, 1.807) is 6.07 Å². The van der Waals surface area contributed by atoms with Crippen LogP contribution in [0.4, 0.5) is 5.69 Å². The molecular formula is C13H20N2O2S. The lowest BCUT2D eigenvalue weighted by Gasteiger charge is -2.14. The lowest BCUT2D eigenvalue weighted by Crippen LogP contribution is -2.25. The van der Waals surface area contributed by atoms with Gasteiger partial charge in [-0.25, -0.2) is 8.42 Å². The molecule has 0 spiro atoms. The van der Waals surface area contributed by atoms with Crippen LogP contribution in [0.2, 0.25) is 0 Å². The minimum absolute atomic E-state index is 0.217. The van der Waals surface area contributed by atoms with Gasteiger partial charge in [0.1, 0.15) is 0 Å². The Balaban J connectivity index is 2.10. The minimum Gasteiger partial charge on any atom is -0.316 e. The number of nitrogens with one attached hydrogen (secondary N) is 2. The molecule has 1 saturated carbocycles. The fourth-order valence-corrected chi connectivity index (χ4v) is 3.97. The largest absolute Gasteiger partial charge is 0.316 e. The van der Waals surface area contributed by atoms with E-state index in [9.17, 15) is 8.42 Å². The van der Waals surface area contributed by atoms with Crippen molar-refractivity contribution in [2.45, 2.75) is 37.5 Å². The van der Waals surface area contributed by atoms with Crippen molar-refractivity contribution in [3.8, 4) is 0 Å². The van der Waals surface area contributed by atoms with Gasteiger partial charge in [-0.05, 0) is 37.6 Å². The van der Waals surface area contributed by atoms with E-state index < -0.39 is 10.0 Å². The molecule has 100 valence electrons. The number of hydrogen-bond acceptors (Lipinski definition) is 3. The molecule has 2 rings (SSSR count).